The number of rotatable bonds is 4. The summed E-state index contributed by atoms with van der Waals surface area (Å²) in [6, 6.07) is 11.5. The molecule has 2 aromatic rings. The maximum Gasteiger partial charge on any atom is 0.319 e. The van der Waals surface area contributed by atoms with Crippen molar-refractivity contribution in [2.24, 2.45) is 0 Å². The highest BCUT2D eigenvalue weighted by molar-refractivity contribution is 9.10. The highest BCUT2D eigenvalue weighted by atomic mass is 79.9. The molecule has 0 bridgehead atoms. The normalized spacial score (nSPS) is 10.2. The highest BCUT2D eigenvalue weighted by Gasteiger charge is 2.10. The van der Waals surface area contributed by atoms with Gasteiger partial charge in [0.2, 0.25) is 0 Å². The Labute approximate surface area is 135 Å². The lowest BCUT2D eigenvalue weighted by Crippen LogP contribution is -2.30. The van der Waals surface area contributed by atoms with Gasteiger partial charge >= 0.3 is 6.03 Å². The van der Waals surface area contributed by atoms with Crippen LogP contribution in [0.3, 0.4) is 0 Å². The summed E-state index contributed by atoms with van der Waals surface area (Å²) in [6.07, 6.45) is 0.667. The Bertz CT molecular complexity index is 631. The number of halogens is 3. The SMILES string of the molecule is O=C(NCCc1ccccc1Br)Nc1c(F)cccc1Cl. The lowest BCUT2D eigenvalue weighted by atomic mass is 10.1. The third-order valence-corrected chi connectivity index (χ3v) is 3.93. The van der Waals surface area contributed by atoms with Crippen LogP contribution in [-0.2, 0) is 6.42 Å². The van der Waals surface area contributed by atoms with Gasteiger partial charge in [0.05, 0.1) is 10.7 Å². The van der Waals surface area contributed by atoms with Crippen LogP contribution < -0.4 is 10.6 Å². The van der Waals surface area contributed by atoms with E-state index in [1.165, 1.54) is 18.2 Å². The molecule has 0 fully saturated rings. The number of urea groups is 1. The van der Waals surface area contributed by atoms with E-state index in [0.717, 1.165) is 10.0 Å². The summed E-state index contributed by atoms with van der Waals surface area (Å²) in [5.74, 6) is -0.566. The zero-order valence-corrected chi connectivity index (χ0v) is 13.3. The van der Waals surface area contributed by atoms with Gasteiger partial charge in [0.15, 0.2) is 0 Å². The smallest absolute Gasteiger partial charge is 0.319 e. The number of hydrogen-bond donors (Lipinski definition) is 2. The lowest BCUT2D eigenvalue weighted by molar-refractivity contribution is 0.252. The fourth-order valence-corrected chi connectivity index (χ4v) is 2.48. The van der Waals surface area contributed by atoms with Crippen LogP contribution in [0.1, 0.15) is 5.56 Å². The van der Waals surface area contributed by atoms with Crippen LogP contribution in [0.15, 0.2) is 46.9 Å². The van der Waals surface area contributed by atoms with Crippen molar-refractivity contribution in [3.05, 3.63) is 63.3 Å². The predicted octanol–water partition coefficient (Wildman–Crippen LogP) is 4.61. The second-order valence-corrected chi connectivity index (χ2v) is 5.58. The molecule has 0 aliphatic rings. The van der Waals surface area contributed by atoms with Gasteiger partial charge in [-0.2, -0.15) is 0 Å². The first-order chi connectivity index (χ1) is 10.1. The first kappa shape index (κ1) is 15.8. The number of carbonyl (C=O) groups excluding carboxylic acids is 1. The zero-order chi connectivity index (χ0) is 15.2. The number of hydrogen-bond acceptors (Lipinski definition) is 1. The van der Waals surface area contributed by atoms with Gasteiger partial charge in [-0.25, -0.2) is 9.18 Å². The van der Waals surface area contributed by atoms with Gasteiger partial charge < -0.3 is 10.6 Å². The number of nitrogens with one attached hydrogen (secondary N) is 2. The summed E-state index contributed by atoms with van der Waals surface area (Å²) in [7, 11) is 0. The van der Waals surface area contributed by atoms with Crippen molar-refractivity contribution < 1.29 is 9.18 Å². The van der Waals surface area contributed by atoms with E-state index >= 15 is 0 Å². The Morgan fingerprint density at radius 2 is 1.95 bits per heavy atom. The lowest BCUT2D eigenvalue weighted by Gasteiger charge is -2.10. The molecular weight excluding hydrogens is 359 g/mol. The molecule has 0 radical (unpaired) electrons. The number of para-hydroxylation sites is 1. The molecule has 3 nitrogen and oxygen atoms in total. The predicted molar refractivity (Wildman–Crippen MR) is 86.3 cm³/mol. The van der Waals surface area contributed by atoms with Crippen molar-refractivity contribution in [3.8, 4) is 0 Å². The van der Waals surface area contributed by atoms with E-state index in [2.05, 4.69) is 26.6 Å². The molecule has 110 valence electrons. The molecule has 0 unspecified atom stereocenters. The first-order valence-electron chi connectivity index (χ1n) is 6.30. The van der Waals surface area contributed by atoms with Crippen LogP contribution in [-0.4, -0.2) is 12.6 Å². The molecule has 0 saturated carbocycles. The number of anilines is 1. The van der Waals surface area contributed by atoms with Gasteiger partial charge in [0.25, 0.3) is 0 Å². The monoisotopic (exact) mass is 370 g/mol. The summed E-state index contributed by atoms with van der Waals surface area (Å²) in [5.41, 5.74) is 1.07. The zero-order valence-electron chi connectivity index (χ0n) is 11.0. The summed E-state index contributed by atoms with van der Waals surface area (Å²) < 4.78 is 14.5. The highest BCUT2D eigenvalue weighted by Crippen LogP contribution is 2.24. The quantitative estimate of drug-likeness (QED) is 0.810. The Morgan fingerprint density at radius 3 is 2.67 bits per heavy atom. The second kappa shape index (κ2) is 7.43. The third-order valence-electron chi connectivity index (χ3n) is 2.84. The van der Waals surface area contributed by atoms with Gasteiger partial charge in [0, 0.05) is 11.0 Å². The van der Waals surface area contributed by atoms with Crippen LogP contribution >= 0.6 is 27.5 Å². The molecule has 0 aliphatic heterocycles. The molecule has 0 aromatic heterocycles. The molecule has 2 aromatic carbocycles. The van der Waals surface area contributed by atoms with E-state index in [0.29, 0.717) is 13.0 Å². The van der Waals surface area contributed by atoms with Crippen molar-refractivity contribution in [1.29, 1.82) is 0 Å². The third kappa shape index (κ3) is 4.44. The van der Waals surface area contributed by atoms with Gasteiger partial charge in [-0.05, 0) is 30.2 Å². The minimum absolute atomic E-state index is 0.0161. The van der Waals surface area contributed by atoms with Crippen molar-refractivity contribution in [3.63, 3.8) is 0 Å². The molecule has 0 heterocycles. The van der Waals surface area contributed by atoms with E-state index in [-0.39, 0.29) is 10.7 Å². The summed E-state index contributed by atoms with van der Waals surface area (Å²) in [4.78, 5) is 11.7. The van der Waals surface area contributed by atoms with Gasteiger partial charge in [-0.1, -0.05) is 51.8 Å². The molecule has 2 rings (SSSR count). The Hall–Kier alpha value is -1.59. The number of carbonyl (C=O) groups is 1. The van der Waals surface area contributed by atoms with Crippen LogP contribution in [0.25, 0.3) is 0 Å². The van der Waals surface area contributed by atoms with Crippen LogP contribution in [0, 0.1) is 5.82 Å². The van der Waals surface area contributed by atoms with Crippen molar-refractivity contribution in [2.45, 2.75) is 6.42 Å². The number of amides is 2. The van der Waals surface area contributed by atoms with Crippen molar-refractivity contribution in [1.82, 2.24) is 5.32 Å². The topological polar surface area (TPSA) is 41.1 Å². The molecule has 2 N–H and O–H groups in total. The first-order valence-corrected chi connectivity index (χ1v) is 7.47. The number of benzene rings is 2. The van der Waals surface area contributed by atoms with E-state index in [9.17, 15) is 9.18 Å². The Morgan fingerprint density at radius 1 is 1.19 bits per heavy atom. The fraction of sp³-hybridized carbons (Fsp3) is 0.133. The molecule has 0 spiro atoms. The van der Waals surface area contributed by atoms with Gasteiger partial charge in [-0.15, -0.1) is 0 Å². The molecule has 21 heavy (non-hydrogen) atoms. The van der Waals surface area contributed by atoms with Crippen LogP contribution in [0.2, 0.25) is 5.02 Å². The molecule has 0 aliphatic carbocycles. The van der Waals surface area contributed by atoms with Crippen molar-refractivity contribution >= 4 is 39.2 Å². The van der Waals surface area contributed by atoms with Crippen molar-refractivity contribution in [2.75, 3.05) is 11.9 Å². The average Bonchev–Trinajstić information content (AvgIpc) is 2.45. The molecule has 0 saturated heterocycles. The van der Waals surface area contributed by atoms with E-state index in [4.69, 9.17) is 11.6 Å². The van der Waals surface area contributed by atoms with Crippen LogP contribution in [0.4, 0.5) is 14.9 Å². The van der Waals surface area contributed by atoms with E-state index in [1.807, 2.05) is 24.3 Å². The summed E-state index contributed by atoms with van der Waals surface area (Å²) >= 11 is 9.28. The second-order valence-electron chi connectivity index (χ2n) is 4.32. The Balaban J connectivity index is 1.87. The summed E-state index contributed by atoms with van der Waals surface area (Å²) in [5, 5.41) is 5.24. The maximum absolute atomic E-state index is 13.5. The largest absolute Gasteiger partial charge is 0.338 e. The minimum Gasteiger partial charge on any atom is -0.338 e. The molecule has 2 amide bonds. The molecule has 0 atom stereocenters. The van der Waals surface area contributed by atoms with Gasteiger partial charge in [0.1, 0.15) is 5.82 Å². The standard InChI is InChI=1S/C15H13BrClFN2O/c16-11-5-2-1-4-10(11)8-9-19-15(21)20-14-12(17)6-3-7-13(14)18/h1-7H,8-9H2,(H2,19,20,21). The minimum atomic E-state index is -0.566. The fourth-order valence-electron chi connectivity index (χ4n) is 1.79. The molecular formula is C15H13BrClFN2O. The average molecular weight is 372 g/mol. The van der Waals surface area contributed by atoms with Crippen LogP contribution in [0.5, 0.6) is 0 Å². The Kier molecular flexibility index (Phi) is 5.59. The van der Waals surface area contributed by atoms with E-state index < -0.39 is 11.8 Å². The summed E-state index contributed by atoms with van der Waals surface area (Å²) in [6.45, 7) is 0.431. The molecule has 6 heteroatoms. The van der Waals surface area contributed by atoms with Gasteiger partial charge in [-0.3, -0.25) is 0 Å². The van der Waals surface area contributed by atoms with E-state index in [1.54, 1.807) is 0 Å². The maximum atomic E-state index is 13.5.